The minimum absolute atomic E-state index is 0.447. The molecule has 0 saturated heterocycles. The number of hydrogen-bond donors (Lipinski definition) is 1. The van der Waals surface area contributed by atoms with Gasteiger partial charge in [0, 0.05) is 21.8 Å². The monoisotopic (exact) mass is 299 g/mol. The summed E-state index contributed by atoms with van der Waals surface area (Å²) in [6, 6.07) is 2.56. The average molecular weight is 300 g/mol. The SMILES string of the molecule is C#CCCCC(NCCC)c1sccc1Br. The second-order valence-electron chi connectivity index (χ2n) is 3.74. The summed E-state index contributed by atoms with van der Waals surface area (Å²) in [5.74, 6) is 2.70. The van der Waals surface area contributed by atoms with Crippen LogP contribution in [-0.2, 0) is 0 Å². The van der Waals surface area contributed by atoms with E-state index in [-0.39, 0.29) is 0 Å². The van der Waals surface area contributed by atoms with Crippen molar-refractivity contribution in [2.45, 2.75) is 38.6 Å². The van der Waals surface area contributed by atoms with E-state index in [1.54, 1.807) is 11.3 Å². The lowest BCUT2D eigenvalue weighted by Gasteiger charge is -2.17. The summed E-state index contributed by atoms with van der Waals surface area (Å²) in [4.78, 5) is 1.39. The van der Waals surface area contributed by atoms with Gasteiger partial charge in [-0.3, -0.25) is 0 Å². The average Bonchev–Trinajstić information content (AvgIpc) is 2.70. The molecule has 0 aliphatic heterocycles. The van der Waals surface area contributed by atoms with Crippen LogP contribution in [0.2, 0.25) is 0 Å². The normalized spacial score (nSPS) is 12.3. The molecule has 0 aromatic carbocycles. The van der Waals surface area contributed by atoms with Crippen molar-refractivity contribution in [3.63, 3.8) is 0 Å². The van der Waals surface area contributed by atoms with Gasteiger partial charge in [-0.1, -0.05) is 6.92 Å². The fourth-order valence-electron chi connectivity index (χ4n) is 1.61. The summed E-state index contributed by atoms with van der Waals surface area (Å²) < 4.78 is 1.21. The van der Waals surface area contributed by atoms with E-state index in [0.717, 1.165) is 32.2 Å². The molecule has 1 unspecified atom stereocenters. The molecule has 1 nitrogen and oxygen atoms in total. The highest BCUT2D eigenvalue weighted by Crippen LogP contribution is 2.31. The first-order chi connectivity index (χ1) is 7.79. The minimum Gasteiger partial charge on any atom is -0.309 e. The number of terminal acetylenes is 1. The van der Waals surface area contributed by atoms with Gasteiger partial charge in [0.2, 0.25) is 0 Å². The lowest BCUT2D eigenvalue weighted by molar-refractivity contribution is 0.493. The third-order valence-electron chi connectivity index (χ3n) is 2.42. The van der Waals surface area contributed by atoms with E-state index in [1.807, 2.05) is 0 Å². The first-order valence-electron chi connectivity index (χ1n) is 5.69. The first kappa shape index (κ1) is 13.8. The van der Waals surface area contributed by atoms with Crippen molar-refractivity contribution in [3.05, 3.63) is 20.8 Å². The van der Waals surface area contributed by atoms with Gasteiger partial charge in [-0.2, -0.15) is 0 Å². The molecule has 0 fully saturated rings. The molecule has 1 aromatic heterocycles. The summed E-state index contributed by atoms with van der Waals surface area (Å²) in [6.07, 6.45) is 9.52. The van der Waals surface area contributed by atoms with Crippen molar-refractivity contribution in [2.24, 2.45) is 0 Å². The van der Waals surface area contributed by atoms with Gasteiger partial charge < -0.3 is 5.32 Å². The van der Waals surface area contributed by atoms with Crippen molar-refractivity contribution in [1.29, 1.82) is 0 Å². The van der Waals surface area contributed by atoms with Crippen LogP contribution in [0.5, 0.6) is 0 Å². The standard InChI is InChI=1S/C13H18BrNS/c1-3-5-6-7-12(15-9-4-2)13-11(14)8-10-16-13/h1,8,10,12,15H,4-7,9H2,2H3. The molecular formula is C13H18BrNS. The van der Waals surface area contributed by atoms with Crippen LogP contribution < -0.4 is 5.32 Å². The Hall–Kier alpha value is -0.300. The zero-order chi connectivity index (χ0) is 11.8. The number of hydrogen-bond acceptors (Lipinski definition) is 2. The topological polar surface area (TPSA) is 12.0 Å². The van der Waals surface area contributed by atoms with Gasteiger partial charge in [0.15, 0.2) is 0 Å². The molecule has 1 N–H and O–H groups in total. The van der Waals surface area contributed by atoms with E-state index in [9.17, 15) is 0 Å². The Morgan fingerprint density at radius 2 is 2.44 bits per heavy atom. The van der Waals surface area contributed by atoms with Crippen molar-refractivity contribution in [1.82, 2.24) is 5.32 Å². The summed E-state index contributed by atoms with van der Waals surface area (Å²) in [5.41, 5.74) is 0. The Morgan fingerprint density at radius 3 is 3.00 bits per heavy atom. The highest BCUT2D eigenvalue weighted by atomic mass is 79.9. The minimum atomic E-state index is 0.447. The maximum Gasteiger partial charge on any atom is 0.0426 e. The second-order valence-corrected chi connectivity index (χ2v) is 5.54. The van der Waals surface area contributed by atoms with E-state index >= 15 is 0 Å². The van der Waals surface area contributed by atoms with Crippen LogP contribution >= 0.6 is 27.3 Å². The molecule has 0 radical (unpaired) electrons. The van der Waals surface area contributed by atoms with Crippen LogP contribution in [0.15, 0.2) is 15.9 Å². The first-order valence-corrected chi connectivity index (χ1v) is 7.36. The largest absolute Gasteiger partial charge is 0.309 e. The Balaban J connectivity index is 2.57. The molecule has 0 bridgehead atoms. The highest BCUT2D eigenvalue weighted by molar-refractivity contribution is 9.10. The zero-order valence-corrected chi connectivity index (χ0v) is 12.0. The lowest BCUT2D eigenvalue weighted by Crippen LogP contribution is -2.21. The predicted molar refractivity (Wildman–Crippen MR) is 75.7 cm³/mol. The summed E-state index contributed by atoms with van der Waals surface area (Å²) in [7, 11) is 0. The molecule has 0 aliphatic carbocycles. The molecule has 16 heavy (non-hydrogen) atoms. The molecule has 0 spiro atoms. The third-order valence-corrected chi connectivity index (χ3v) is 4.40. The number of rotatable bonds is 7. The molecule has 1 aromatic rings. The molecule has 0 saturated carbocycles. The van der Waals surface area contributed by atoms with Crippen molar-refractivity contribution in [2.75, 3.05) is 6.54 Å². The Labute approximate surface area is 111 Å². The zero-order valence-electron chi connectivity index (χ0n) is 9.63. The highest BCUT2D eigenvalue weighted by Gasteiger charge is 2.14. The molecule has 3 heteroatoms. The number of thiophene rings is 1. The van der Waals surface area contributed by atoms with Gasteiger partial charge in [0.05, 0.1) is 0 Å². The fraction of sp³-hybridized carbons (Fsp3) is 0.538. The summed E-state index contributed by atoms with van der Waals surface area (Å²) >= 11 is 5.40. The molecule has 88 valence electrons. The smallest absolute Gasteiger partial charge is 0.0426 e. The van der Waals surface area contributed by atoms with Gasteiger partial charge in [0.25, 0.3) is 0 Å². The van der Waals surface area contributed by atoms with Crippen LogP contribution in [0.4, 0.5) is 0 Å². The summed E-state index contributed by atoms with van der Waals surface area (Å²) in [6.45, 7) is 3.25. The number of nitrogens with one attached hydrogen (secondary N) is 1. The molecular weight excluding hydrogens is 282 g/mol. The lowest BCUT2D eigenvalue weighted by atomic mass is 10.1. The maximum absolute atomic E-state index is 5.29. The second kappa shape index (κ2) is 7.89. The molecule has 0 aliphatic rings. The van der Waals surface area contributed by atoms with Crippen molar-refractivity contribution < 1.29 is 0 Å². The van der Waals surface area contributed by atoms with E-state index < -0.39 is 0 Å². The van der Waals surface area contributed by atoms with E-state index in [1.165, 1.54) is 9.35 Å². The quantitative estimate of drug-likeness (QED) is 0.583. The van der Waals surface area contributed by atoms with Gasteiger partial charge in [0.1, 0.15) is 0 Å². The molecule has 1 atom stereocenters. The maximum atomic E-state index is 5.29. The third kappa shape index (κ3) is 4.29. The van der Waals surface area contributed by atoms with E-state index in [0.29, 0.717) is 6.04 Å². The Kier molecular flexibility index (Phi) is 6.79. The fourth-order valence-corrected chi connectivity index (χ4v) is 3.37. The van der Waals surface area contributed by atoms with Gasteiger partial charge in [-0.05, 0) is 53.2 Å². The van der Waals surface area contributed by atoms with Gasteiger partial charge >= 0.3 is 0 Å². The van der Waals surface area contributed by atoms with E-state index in [2.05, 4.69) is 45.5 Å². The molecule has 0 amide bonds. The van der Waals surface area contributed by atoms with Crippen LogP contribution in [0.3, 0.4) is 0 Å². The van der Waals surface area contributed by atoms with Gasteiger partial charge in [-0.25, -0.2) is 0 Å². The predicted octanol–water partition coefficient (Wildman–Crippen LogP) is 4.35. The molecule has 1 heterocycles. The van der Waals surface area contributed by atoms with Crippen molar-refractivity contribution >= 4 is 27.3 Å². The van der Waals surface area contributed by atoms with Crippen LogP contribution in [-0.4, -0.2) is 6.54 Å². The van der Waals surface area contributed by atoms with Crippen molar-refractivity contribution in [3.8, 4) is 12.3 Å². The summed E-state index contributed by atoms with van der Waals surface area (Å²) in [5, 5.41) is 5.71. The van der Waals surface area contributed by atoms with Crippen LogP contribution in [0.1, 0.15) is 43.5 Å². The number of unbranched alkanes of at least 4 members (excludes halogenated alkanes) is 1. The van der Waals surface area contributed by atoms with Crippen LogP contribution in [0.25, 0.3) is 0 Å². The Morgan fingerprint density at radius 1 is 1.62 bits per heavy atom. The Bertz CT molecular complexity index is 340. The van der Waals surface area contributed by atoms with Crippen LogP contribution in [0, 0.1) is 12.3 Å². The number of halogens is 1. The molecule has 1 rings (SSSR count). The van der Waals surface area contributed by atoms with E-state index in [4.69, 9.17) is 6.42 Å². The van der Waals surface area contributed by atoms with Gasteiger partial charge in [-0.15, -0.1) is 23.7 Å².